The van der Waals surface area contributed by atoms with Gasteiger partial charge in [-0.05, 0) is 41.9 Å². The quantitative estimate of drug-likeness (QED) is 0.257. The molecule has 2 heterocycles. The van der Waals surface area contributed by atoms with Crippen molar-refractivity contribution in [3.05, 3.63) is 34.9 Å². The number of ketones is 1. The van der Waals surface area contributed by atoms with Gasteiger partial charge in [-0.15, -0.1) is 0 Å². The fraction of sp³-hybridized carbons (Fsp3) is 0.643. The van der Waals surface area contributed by atoms with Crippen molar-refractivity contribution >= 4 is 31.4 Å². The third kappa shape index (κ3) is 6.27. The summed E-state index contributed by atoms with van der Waals surface area (Å²) >= 11 is 0. The molecule has 1 aromatic carbocycles. The Morgan fingerprint density at radius 3 is 2.33 bits per heavy atom. The highest BCUT2D eigenvalue weighted by atomic mass is 16.6. The average molecular weight is 544 g/mol. The number of carbonyl (C=O) groups is 4. The number of benzene rings is 1. The summed E-state index contributed by atoms with van der Waals surface area (Å²) in [4.78, 5) is 51.5. The predicted molar refractivity (Wildman–Crippen MR) is 141 cm³/mol. The Balaban J connectivity index is 1.82. The number of carbonyl (C=O) groups excluding carboxylic acids is 3. The van der Waals surface area contributed by atoms with Gasteiger partial charge in [0.2, 0.25) is 11.8 Å². The molecular weight excluding hydrogens is 505 g/mol. The number of hydrogen-bond donors (Lipinski definition) is 4. The van der Waals surface area contributed by atoms with Gasteiger partial charge in [0.25, 0.3) is 0 Å². The molecule has 2 aliphatic heterocycles. The average Bonchev–Trinajstić information content (AvgIpc) is 3.18. The number of imide groups is 1. The van der Waals surface area contributed by atoms with Crippen LogP contribution in [0.2, 0.25) is 0 Å². The molecule has 2 saturated heterocycles. The first-order chi connectivity index (χ1) is 18.5. The second-order valence-electron chi connectivity index (χ2n) is 11.7. The Morgan fingerprint density at radius 2 is 1.77 bits per heavy atom. The molecule has 3 rings (SSSR count). The molecule has 7 unspecified atom stereocenters. The van der Waals surface area contributed by atoms with Crippen molar-refractivity contribution in [3.8, 4) is 0 Å². The van der Waals surface area contributed by atoms with Crippen molar-refractivity contribution in [1.29, 1.82) is 0 Å². The first kappa shape index (κ1) is 29.4. The van der Waals surface area contributed by atoms with E-state index in [9.17, 15) is 39.6 Å². The second kappa shape index (κ2) is 11.5. The molecule has 11 heteroatoms. The summed E-state index contributed by atoms with van der Waals surface area (Å²) in [5.41, 5.74) is -0.282. The molecule has 7 atom stereocenters. The second-order valence-corrected chi connectivity index (χ2v) is 11.7. The normalized spacial score (nSPS) is 29.7. The van der Waals surface area contributed by atoms with E-state index in [0.29, 0.717) is 17.5 Å². The summed E-state index contributed by atoms with van der Waals surface area (Å²) in [5.74, 6) is -3.58. The molecule has 0 aliphatic carbocycles. The maximum atomic E-state index is 13.3. The minimum atomic E-state index is -1.86. The van der Waals surface area contributed by atoms with Crippen LogP contribution in [0.25, 0.3) is 0 Å². The first-order valence-electron chi connectivity index (χ1n) is 13.7. The number of rotatable bonds is 9. The number of amides is 2. The van der Waals surface area contributed by atoms with Crippen LogP contribution in [0.5, 0.6) is 0 Å². The van der Waals surface area contributed by atoms with Crippen LogP contribution in [0.4, 0.5) is 0 Å². The molecule has 0 aromatic heterocycles. The van der Waals surface area contributed by atoms with Gasteiger partial charge in [0.15, 0.2) is 6.10 Å². The van der Waals surface area contributed by atoms with Crippen LogP contribution in [0.1, 0.15) is 65.5 Å². The molecule has 2 aliphatic rings. The maximum absolute atomic E-state index is 13.3. The van der Waals surface area contributed by atoms with Crippen molar-refractivity contribution in [2.75, 3.05) is 0 Å². The fourth-order valence-corrected chi connectivity index (χ4v) is 5.23. The molecule has 0 bridgehead atoms. The maximum Gasteiger partial charge on any atom is 0.335 e. The van der Waals surface area contributed by atoms with Gasteiger partial charge in [-0.25, -0.2) is 4.79 Å². The number of carboxylic acid groups (broad SMARTS) is 1. The largest absolute Gasteiger partial charge is 0.479 e. The minimum absolute atomic E-state index is 0.0245. The molecule has 0 spiro atoms. The predicted octanol–water partition coefficient (Wildman–Crippen LogP) is 0.534. The van der Waals surface area contributed by atoms with E-state index in [2.05, 4.69) is 0 Å². The molecule has 212 valence electrons. The van der Waals surface area contributed by atoms with E-state index in [1.165, 1.54) is 6.92 Å². The summed E-state index contributed by atoms with van der Waals surface area (Å²) in [6.07, 6.45) is -7.62. The lowest BCUT2D eigenvalue weighted by Gasteiger charge is -2.39. The third-order valence-corrected chi connectivity index (χ3v) is 7.78. The molecule has 10 nitrogen and oxygen atoms in total. The number of ether oxygens (including phenoxy) is 1. The lowest BCUT2D eigenvalue weighted by atomic mass is 9.72. The summed E-state index contributed by atoms with van der Waals surface area (Å²) in [7, 11) is 6.32. The number of hydrogen-bond acceptors (Lipinski definition) is 8. The van der Waals surface area contributed by atoms with Crippen LogP contribution in [0, 0.1) is 11.3 Å². The van der Waals surface area contributed by atoms with Gasteiger partial charge in [-0.2, -0.15) is 0 Å². The highest BCUT2D eigenvalue weighted by molar-refractivity contribution is 6.32. The van der Waals surface area contributed by atoms with Gasteiger partial charge >= 0.3 is 5.97 Å². The van der Waals surface area contributed by atoms with E-state index in [1.54, 1.807) is 18.2 Å². The summed E-state index contributed by atoms with van der Waals surface area (Å²) < 4.78 is 13.0. The fourth-order valence-electron chi connectivity index (χ4n) is 5.23. The molecule has 1 aromatic rings. The summed E-state index contributed by atoms with van der Waals surface area (Å²) in [6, 6.07) is 5.28. The standard InChI is InChI=1S/C28H38BNO9/c1-6-14-7-8-16(12-18-21(33)22(34)23(35)24(39-18)26(37)38)15(11-14)9-10-19(31)28(5,29)30-20(32)13-17(25(30)36)27(2,3)4/h7-8,11,17-18,21-24,33-35H,6,9-10,12-13H2,1-5H3,(H,37,38)/i1D. The lowest BCUT2D eigenvalue weighted by molar-refractivity contribution is -0.227. The van der Waals surface area contributed by atoms with Crippen LogP contribution in [-0.2, 0) is 43.2 Å². The Bertz CT molecular complexity index is 1150. The van der Waals surface area contributed by atoms with E-state index >= 15 is 0 Å². The molecule has 39 heavy (non-hydrogen) atoms. The van der Waals surface area contributed by atoms with Crippen molar-refractivity contribution in [1.82, 2.24) is 4.90 Å². The van der Waals surface area contributed by atoms with Crippen molar-refractivity contribution in [2.45, 2.75) is 103 Å². The van der Waals surface area contributed by atoms with Crippen LogP contribution >= 0.6 is 0 Å². The lowest BCUT2D eigenvalue weighted by Crippen LogP contribution is -2.60. The number of aryl methyl sites for hydroxylation is 2. The van der Waals surface area contributed by atoms with Crippen LogP contribution < -0.4 is 0 Å². The third-order valence-electron chi connectivity index (χ3n) is 7.78. The number of carboxylic acids is 1. The number of aliphatic hydroxyl groups excluding tert-OH is 3. The van der Waals surface area contributed by atoms with E-state index in [-0.39, 0.29) is 32.6 Å². The van der Waals surface area contributed by atoms with Crippen molar-refractivity contribution < 1.29 is 45.7 Å². The van der Waals surface area contributed by atoms with Crippen LogP contribution in [-0.4, -0.2) is 92.7 Å². The highest BCUT2D eigenvalue weighted by Gasteiger charge is 2.51. The zero-order chi connectivity index (χ0) is 30.2. The number of nitrogens with zero attached hydrogens (tertiary/aromatic N) is 1. The van der Waals surface area contributed by atoms with E-state index in [0.717, 1.165) is 10.5 Å². The summed E-state index contributed by atoms with van der Waals surface area (Å²) in [6.45, 7) is 7.01. The molecule has 0 saturated carbocycles. The van der Waals surface area contributed by atoms with E-state index in [4.69, 9.17) is 14.0 Å². The summed E-state index contributed by atoms with van der Waals surface area (Å²) in [5, 5.41) is 40.0. The number of likely N-dealkylation sites (tertiary alicyclic amines) is 1. The van der Waals surface area contributed by atoms with Gasteiger partial charge in [0.05, 0.1) is 17.5 Å². The Labute approximate surface area is 231 Å². The first-order valence-corrected chi connectivity index (χ1v) is 13.0. The Morgan fingerprint density at radius 1 is 1.10 bits per heavy atom. The van der Waals surface area contributed by atoms with Gasteiger partial charge < -0.3 is 25.2 Å². The van der Waals surface area contributed by atoms with Gasteiger partial charge in [0.1, 0.15) is 31.9 Å². The molecule has 2 fully saturated rings. The smallest absolute Gasteiger partial charge is 0.335 e. The van der Waals surface area contributed by atoms with E-state index in [1.807, 2.05) is 20.8 Å². The molecular formula is C28H38BNO9. The van der Waals surface area contributed by atoms with Gasteiger partial charge in [-0.3, -0.25) is 19.3 Å². The number of Topliss-reactive ketones (excluding diaryl/α,β-unsaturated/α-hetero) is 1. The zero-order valence-corrected chi connectivity index (χ0v) is 22.8. The molecule has 2 amide bonds. The number of aliphatic carboxylic acids is 1. The minimum Gasteiger partial charge on any atom is -0.479 e. The highest BCUT2D eigenvalue weighted by Crippen LogP contribution is 2.38. The Hall–Kier alpha value is -2.60. The number of aliphatic hydroxyl groups is 3. The zero-order valence-electron chi connectivity index (χ0n) is 23.8. The van der Waals surface area contributed by atoms with Gasteiger partial charge in [0, 0.05) is 20.6 Å². The van der Waals surface area contributed by atoms with E-state index < -0.39 is 70.9 Å². The van der Waals surface area contributed by atoms with Crippen LogP contribution in [0.15, 0.2) is 18.2 Å². The molecule has 4 N–H and O–H groups in total. The van der Waals surface area contributed by atoms with Crippen molar-refractivity contribution in [3.63, 3.8) is 0 Å². The molecule has 2 radical (unpaired) electrons. The topological polar surface area (TPSA) is 162 Å². The SMILES string of the molecule is [2H]CCc1ccc(CC2OC(C(=O)O)C(O)C(O)C2O)c(CCC(=O)C([B])(C)N2C(=O)CC(C(C)(C)C)C2=O)c1. The Kier molecular flexibility index (Phi) is 8.66. The van der Waals surface area contributed by atoms with Crippen molar-refractivity contribution in [2.24, 2.45) is 11.3 Å². The van der Waals surface area contributed by atoms with Gasteiger partial charge in [-0.1, -0.05) is 45.9 Å². The van der Waals surface area contributed by atoms with Crippen LogP contribution in [0.3, 0.4) is 0 Å². The monoisotopic (exact) mass is 544 g/mol.